The van der Waals surface area contributed by atoms with E-state index in [1.807, 2.05) is 43.3 Å². The van der Waals surface area contributed by atoms with Crippen LogP contribution in [0.1, 0.15) is 19.4 Å². The topological polar surface area (TPSA) is 62.5 Å². The molecule has 110 valence electrons. The first kappa shape index (κ1) is 14.9. The summed E-state index contributed by atoms with van der Waals surface area (Å²) < 4.78 is 0. The molecule has 1 atom stereocenters. The molecule has 1 aliphatic heterocycles. The highest BCUT2D eigenvalue weighted by Gasteiger charge is 2.26. The molecule has 0 aromatic carbocycles. The summed E-state index contributed by atoms with van der Waals surface area (Å²) in [7, 11) is 0. The van der Waals surface area contributed by atoms with E-state index in [4.69, 9.17) is 5.73 Å². The highest BCUT2D eigenvalue weighted by molar-refractivity contribution is 5.82. The lowest BCUT2D eigenvalue weighted by Gasteiger charge is -2.36. The van der Waals surface area contributed by atoms with Crippen LogP contribution in [0.4, 0.5) is 0 Å². The number of nitrogens with zero attached hydrogens (tertiary/aromatic N) is 3. The Morgan fingerprint density at radius 1 is 1.25 bits per heavy atom. The molecule has 2 heterocycles. The fourth-order valence-electron chi connectivity index (χ4n) is 2.37. The number of rotatable bonds is 4. The second kappa shape index (κ2) is 6.81. The third kappa shape index (κ3) is 3.77. The summed E-state index contributed by atoms with van der Waals surface area (Å²) >= 11 is 0. The monoisotopic (exact) mass is 276 g/mol. The summed E-state index contributed by atoms with van der Waals surface area (Å²) in [5.41, 5.74) is 7.20. The van der Waals surface area contributed by atoms with Crippen LogP contribution in [0.15, 0.2) is 24.5 Å². The van der Waals surface area contributed by atoms with Crippen LogP contribution in [0.2, 0.25) is 0 Å². The van der Waals surface area contributed by atoms with Crippen LogP contribution >= 0.6 is 0 Å². The predicted octanol–water partition coefficient (Wildman–Crippen LogP) is 0.709. The Morgan fingerprint density at radius 2 is 1.85 bits per heavy atom. The SMILES string of the molecule is CC(C)C(N)C(=O)N1CCN(Cc2ccncc2)CC1. The van der Waals surface area contributed by atoms with Crippen LogP contribution in [0.3, 0.4) is 0 Å². The Morgan fingerprint density at radius 3 is 2.40 bits per heavy atom. The smallest absolute Gasteiger partial charge is 0.239 e. The molecule has 0 spiro atoms. The number of pyridine rings is 1. The van der Waals surface area contributed by atoms with Crippen molar-refractivity contribution in [3.05, 3.63) is 30.1 Å². The van der Waals surface area contributed by atoms with E-state index >= 15 is 0 Å². The number of nitrogens with two attached hydrogens (primary N) is 1. The number of amides is 1. The first-order valence-corrected chi connectivity index (χ1v) is 7.23. The Hall–Kier alpha value is -1.46. The standard InChI is InChI=1S/C15H24N4O/c1-12(2)14(16)15(20)19-9-7-18(8-10-19)11-13-3-5-17-6-4-13/h3-6,12,14H,7-11,16H2,1-2H3. The average molecular weight is 276 g/mol. The zero-order valence-electron chi connectivity index (χ0n) is 12.3. The molecular weight excluding hydrogens is 252 g/mol. The van der Waals surface area contributed by atoms with Crippen molar-refractivity contribution in [2.45, 2.75) is 26.4 Å². The number of hydrogen-bond acceptors (Lipinski definition) is 4. The van der Waals surface area contributed by atoms with E-state index in [0.717, 1.165) is 32.7 Å². The minimum atomic E-state index is -0.373. The largest absolute Gasteiger partial charge is 0.339 e. The van der Waals surface area contributed by atoms with Gasteiger partial charge in [0.15, 0.2) is 0 Å². The Labute approximate surface area is 120 Å². The molecule has 0 aliphatic carbocycles. The van der Waals surface area contributed by atoms with Gasteiger partial charge in [-0.2, -0.15) is 0 Å². The molecule has 0 radical (unpaired) electrons. The van der Waals surface area contributed by atoms with Crippen LogP contribution in [-0.2, 0) is 11.3 Å². The molecule has 5 nitrogen and oxygen atoms in total. The van der Waals surface area contributed by atoms with Gasteiger partial charge in [-0.25, -0.2) is 0 Å². The van der Waals surface area contributed by atoms with E-state index in [1.54, 1.807) is 0 Å². The molecule has 1 aromatic heterocycles. The van der Waals surface area contributed by atoms with E-state index < -0.39 is 0 Å². The molecule has 1 amide bonds. The highest BCUT2D eigenvalue weighted by atomic mass is 16.2. The summed E-state index contributed by atoms with van der Waals surface area (Å²) in [6, 6.07) is 3.69. The second-order valence-electron chi connectivity index (χ2n) is 5.73. The Bertz CT molecular complexity index is 427. The lowest BCUT2D eigenvalue weighted by Crippen LogP contribution is -2.54. The molecule has 1 fully saturated rings. The van der Waals surface area contributed by atoms with E-state index in [9.17, 15) is 4.79 Å². The molecule has 1 unspecified atom stereocenters. The van der Waals surface area contributed by atoms with Gasteiger partial charge in [0.1, 0.15) is 0 Å². The minimum Gasteiger partial charge on any atom is -0.339 e. The van der Waals surface area contributed by atoms with E-state index in [-0.39, 0.29) is 17.9 Å². The van der Waals surface area contributed by atoms with Crippen molar-refractivity contribution >= 4 is 5.91 Å². The molecule has 20 heavy (non-hydrogen) atoms. The zero-order chi connectivity index (χ0) is 14.5. The van der Waals surface area contributed by atoms with Gasteiger partial charge < -0.3 is 10.6 Å². The van der Waals surface area contributed by atoms with Crippen LogP contribution in [0.25, 0.3) is 0 Å². The van der Waals surface area contributed by atoms with Crippen molar-refractivity contribution in [2.24, 2.45) is 11.7 Å². The zero-order valence-corrected chi connectivity index (χ0v) is 12.3. The number of piperazine rings is 1. The first-order chi connectivity index (χ1) is 9.58. The van der Waals surface area contributed by atoms with E-state index in [2.05, 4.69) is 9.88 Å². The summed E-state index contributed by atoms with van der Waals surface area (Å²) in [4.78, 5) is 20.5. The molecule has 1 aromatic rings. The van der Waals surface area contributed by atoms with Crippen molar-refractivity contribution in [2.75, 3.05) is 26.2 Å². The van der Waals surface area contributed by atoms with Crippen molar-refractivity contribution in [1.29, 1.82) is 0 Å². The van der Waals surface area contributed by atoms with Crippen molar-refractivity contribution in [3.63, 3.8) is 0 Å². The molecule has 1 aliphatic rings. The van der Waals surface area contributed by atoms with Crippen LogP contribution in [0, 0.1) is 5.92 Å². The number of carbonyl (C=O) groups excluding carboxylic acids is 1. The maximum Gasteiger partial charge on any atom is 0.239 e. The van der Waals surface area contributed by atoms with Gasteiger partial charge in [-0.05, 0) is 23.6 Å². The van der Waals surface area contributed by atoms with Crippen LogP contribution in [-0.4, -0.2) is 52.9 Å². The van der Waals surface area contributed by atoms with Gasteiger partial charge in [-0.3, -0.25) is 14.7 Å². The normalized spacial score (nSPS) is 18.3. The van der Waals surface area contributed by atoms with Gasteiger partial charge in [0, 0.05) is 45.1 Å². The number of carbonyl (C=O) groups is 1. The first-order valence-electron chi connectivity index (χ1n) is 7.23. The van der Waals surface area contributed by atoms with Gasteiger partial charge in [0.2, 0.25) is 5.91 Å². The van der Waals surface area contributed by atoms with Crippen molar-refractivity contribution in [1.82, 2.24) is 14.8 Å². The van der Waals surface area contributed by atoms with Crippen LogP contribution in [0.5, 0.6) is 0 Å². The summed E-state index contributed by atoms with van der Waals surface area (Å²) in [5.74, 6) is 0.279. The molecule has 1 saturated heterocycles. The fourth-order valence-corrected chi connectivity index (χ4v) is 2.37. The lowest BCUT2D eigenvalue weighted by molar-refractivity contribution is -0.135. The fraction of sp³-hybridized carbons (Fsp3) is 0.600. The number of hydrogen-bond donors (Lipinski definition) is 1. The van der Waals surface area contributed by atoms with Crippen molar-refractivity contribution in [3.8, 4) is 0 Å². The Balaban J connectivity index is 1.82. The van der Waals surface area contributed by atoms with Crippen molar-refractivity contribution < 1.29 is 4.79 Å². The molecule has 2 rings (SSSR count). The van der Waals surface area contributed by atoms with Gasteiger partial charge in [-0.1, -0.05) is 13.8 Å². The van der Waals surface area contributed by atoms with E-state index in [0.29, 0.717) is 0 Å². The lowest BCUT2D eigenvalue weighted by atomic mass is 10.0. The maximum atomic E-state index is 12.2. The van der Waals surface area contributed by atoms with Crippen LogP contribution < -0.4 is 5.73 Å². The third-order valence-corrected chi connectivity index (χ3v) is 3.84. The summed E-state index contributed by atoms with van der Waals surface area (Å²) in [6.45, 7) is 8.23. The van der Waals surface area contributed by atoms with Gasteiger partial charge in [0.05, 0.1) is 6.04 Å². The molecule has 2 N–H and O–H groups in total. The third-order valence-electron chi connectivity index (χ3n) is 3.84. The highest BCUT2D eigenvalue weighted by Crippen LogP contribution is 2.10. The Kier molecular flexibility index (Phi) is 5.09. The summed E-state index contributed by atoms with van der Waals surface area (Å²) in [6.07, 6.45) is 3.63. The van der Waals surface area contributed by atoms with Gasteiger partial charge >= 0.3 is 0 Å². The maximum absolute atomic E-state index is 12.2. The van der Waals surface area contributed by atoms with Gasteiger partial charge in [0.25, 0.3) is 0 Å². The van der Waals surface area contributed by atoms with Gasteiger partial charge in [-0.15, -0.1) is 0 Å². The minimum absolute atomic E-state index is 0.0866. The predicted molar refractivity (Wildman–Crippen MR) is 78.9 cm³/mol. The molecule has 0 bridgehead atoms. The number of aromatic nitrogens is 1. The quantitative estimate of drug-likeness (QED) is 0.880. The second-order valence-corrected chi connectivity index (χ2v) is 5.73. The molecular formula is C15H24N4O. The molecule has 0 saturated carbocycles. The molecule has 5 heteroatoms. The summed E-state index contributed by atoms with van der Waals surface area (Å²) in [5, 5.41) is 0. The van der Waals surface area contributed by atoms with E-state index in [1.165, 1.54) is 5.56 Å². The average Bonchev–Trinajstić information content (AvgIpc) is 2.47.